The van der Waals surface area contributed by atoms with Crippen LogP contribution in [-0.2, 0) is 25.9 Å². The first-order chi connectivity index (χ1) is 50.0. The van der Waals surface area contributed by atoms with E-state index in [0.717, 1.165) is 42.4 Å². The zero-order chi connectivity index (χ0) is 82.6. The predicted octanol–water partition coefficient (Wildman–Crippen LogP) is 33.4. The van der Waals surface area contributed by atoms with E-state index in [-0.39, 0.29) is 44.9 Å². The van der Waals surface area contributed by atoms with Crippen LogP contribution in [0.5, 0.6) is 0 Å². The van der Waals surface area contributed by atoms with Gasteiger partial charge in [0.15, 0.2) is 5.78 Å². The van der Waals surface area contributed by atoms with Gasteiger partial charge in [0, 0.05) is 10.9 Å². The number of benzene rings is 7. The standard InChI is InChI=1S/C14H18O4.C12H14O.C11H13F3.C11H13N.C11H16.C10H12Cl2.C10H13Cl.7C2H6.3CH4/c1-4-9(2)10-5-11(13(16)8-15)7-12(6-10)14(17)18-3;1-3-9(2)11-5-4-10-6-7-13-12(10)8-11;1-3-10(2,11(12,13)14)9-7-5-4-6-8-9;1-3-11(2,9-12)10-7-5-4-6-8-10;1-4-11(2,3)10-8-6-5-7-9-10;1-3-7(2)8-4-5-9(11)10(12)6-8;1-3-10(2,11)9-7-5-4-6-8-9;7*1-2;;;/h5-7,9,15H,4,8H2,1-3H3;4-9H,3H2,1-2H3;4-8H,3H2,1-2H3;4-8H,3H2,1-2H3;5-9H,4H2,1-3H3;4-7H,3H2,1-2H3;4-8H,3H2,1-2H3;7*1-2H3;3*1H4. The molecule has 6 atom stereocenters. The van der Waals surface area contributed by atoms with Gasteiger partial charge in [-0.2, -0.15) is 18.4 Å². The molecule has 6 unspecified atom stereocenters. The molecule has 0 spiro atoms. The lowest BCUT2D eigenvalue weighted by atomic mass is 9.79. The number of carbonyl (C=O) groups excluding carboxylic acids is 2. The highest BCUT2D eigenvalue weighted by atomic mass is 35.5. The lowest BCUT2D eigenvalue weighted by Gasteiger charge is -2.31. The summed E-state index contributed by atoms with van der Waals surface area (Å²) in [5.74, 6) is 0.534. The van der Waals surface area contributed by atoms with E-state index in [1.165, 1.54) is 72.7 Å². The molecule has 0 aliphatic carbocycles. The molecule has 0 fully saturated rings. The van der Waals surface area contributed by atoms with Crippen LogP contribution in [0.1, 0.15) is 345 Å². The number of aliphatic hydroxyl groups excluding tert-OH is 1. The Bertz CT molecular complexity index is 3320. The van der Waals surface area contributed by atoms with Crippen molar-refractivity contribution in [3.8, 4) is 6.07 Å². The Hall–Kier alpha value is -6.67. The van der Waals surface area contributed by atoms with Crippen molar-refractivity contribution in [1.82, 2.24) is 0 Å². The molecule has 1 heterocycles. The van der Waals surface area contributed by atoms with Crippen molar-refractivity contribution in [2.75, 3.05) is 13.7 Å². The molecule has 0 amide bonds. The summed E-state index contributed by atoms with van der Waals surface area (Å²) in [6, 6.07) is 60.3. The number of hydrogen-bond acceptors (Lipinski definition) is 6. The first-order valence-electron chi connectivity index (χ1n) is 38.6. The van der Waals surface area contributed by atoms with Crippen molar-refractivity contribution in [3.63, 3.8) is 0 Å². The molecule has 0 aliphatic heterocycles. The number of methoxy groups -OCH3 is 1. The smallest absolute Gasteiger partial charge is 0.398 e. The van der Waals surface area contributed by atoms with E-state index in [1.54, 1.807) is 43.5 Å². The highest BCUT2D eigenvalue weighted by Crippen LogP contribution is 2.43. The van der Waals surface area contributed by atoms with Crippen LogP contribution in [0.3, 0.4) is 0 Å². The number of rotatable bonds is 17. The van der Waals surface area contributed by atoms with E-state index in [2.05, 4.69) is 127 Å². The average Bonchev–Trinajstić information content (AvgIpc) is 1.28. The van der Waals surface area contributed by atoms with Crippen molar-refractivity contribution in [2.24, 2.45) is 0 Å². The monoisotopic (exact) mass is 1560 g/mol. The molecule has 0 bridgehead atoms. The third-order valence-electron chi connectivity index (χ3n) is 17.4. The molecule has 8 rings (SSSR count). The Labute approximate surface area is 676 Å². The fourth-order valence-electron chi connectivity index (χ4n) is 8.84. The molecule has 0 saturated heterocycles. The van der Waals surface area contributed by atoms with E-state index in [1.807, 2.05) is 204 Å². The molecule has 108 heavy (non-hydrogen) atoms. The van der Waals surface area contributed by atoms with Gasteiger partial charge >= 0.3 is 12.1 Å². The van der Waals surface area contributed by atoms with Gasteiger partial charge in [0.2, 0.25) is 0 Å². The highest BCUT2D eigenvalue weighted by molar-refractivity contribution is 6.42. The van der Waals surface area contributed by atoms with Gasteiger partial charge in [0.1, 0.15) is 12.2 Å². The van der Waals surface area contributed by atoms with Gasteiger partial charge in [0.05, 0.1) is 50.8 Å². The van der Waals surface area contributed by atoms with Crippen molar-refractivity contribution in [2.45, 2.75) is 313 Å². The van der Waals surface area contributed by atoms with E-state index in [4.69, 9.17) is 49.6 Å². The summed E-state index contributed by atoms with van der Waals surface area (Å²) >= 11 is 17.9. The second-order valence-electron chi connectivity index (χ2n) is 24.0. The van der Waals surface area contributed by atoms with Crippen LogP contribution in [0.15, 0.2) is 193 Å². The molecule has 0 aliphatic rings. The number of Topliss-reactive ketones (excluding diaryl/α,β-unsaturated/α-hetero) is 1. The van der Waals surface area contributed by atoms with Crippen LogP contribution >= 0.6 is 34.8 Å². The maximum absolute atomic E-state index is 12.8. The number of aliphatic hydroxyl groups is 1. The summed E-state index contributed by atoms with van der Waals surface area (Å²) in [6.07, 6.45) is 3.80. The van der Waals surface area contributed by atoms with Gasteiger partial charge < -0.3 is 14.3 Å². The molecule has 0 saturated carbocycles. The van der Waals surface area contributed by atoms with Gasteiger partial charge in [-0.05, 0) is 170 Å². The minimum atomic E-state index is -4.19. The average molecular weight is 1560 g/mol. The first kappa shape index (κ1) is 120. The summed E-state index contributed by atoms with van der Waals surface area (Å²) < 4.78 is 48.4. The maximum Gasteiger partial charge on any atom is 0.398 e. The van der Waals surface area contributed by atoms with E-state index in [9.17, 15) is 22.8 Å². The first-order valence-corrected chi connectivity index (χ1v) is 39.8. The zero-order valence-corrected chi connectivity index (χ0v) is 72.8. The molecule has 0 radical (unpaired) electrons. The summed E-state index contributed by atoms with van der Waals surface area (Å²) in [7, 11) is 1.30. The van der Waals surface area contributed by atoms with Crippen LogP contribution in [0.2, 0.25) is 10.0 Å². The predicted molar refractivity (Wildman–Crippen MR) is 477 cm³/mol. The van der Waals surface area contributed by atoms with Gasteiger partial charge in [-0.15, -0.1) is 11.6 Å². The van der Waals surface area contributed by atoms with Gasteiger partial charge in [0.25, 0.3) is 0 Å². The third kappa shape index (κ3) is 44.2. The van der Waals surface area contributed by atoms with Gasteiger partial charge in [-0.1, -0.05) is 365 Å². The topological polar surface area (TPSA) is 101 Å². The fraction of sp³-hybridized carbons (Fsp3) is 0.510. The quantitative estimate of drug-likeness (QED) is 0.0554. The lowest BCUT2D eigenvalue weighted by molar-refractivity contribution is -0.186. The molecule has 8 aromatic rings. The largest absolute Gasteiger partial charge is 0.465 e. The number of nitriles is 1. The minimum Gasteiger partial charge on any atom is -0.465 e. The SMILES string of the molecule is C.C.C.CC.CC.CC.CC.CC.CC.CC.CCC(C)(C#N)c1ccccc1.CCC(C)(C)c1ccccc1.CCC(C)(Cl)c1ccccc1.CCC(C)(c1ccccc1)C(F)(F)F.CCC(C)c1cc(C(=O)CO)cc(C(=O)OC)c1.CCC(C)c1ccc(Cl)c(Cl)c1.CCC(C)c1ccc2ccoc2c1. The number of halogens is 6. The number of nitrogens with zero attached hydrogens (tertiary/aromatic N) is 1. The molecule has 1 N–H and O–H groups in total. The molecule has 12 heteroatoms. The zero-order valence-electron chi connectivity index (χ0n) is 70.6. The second kappa shape index (κ2) is 69.5. The summed E-state index contributed by atoms with van der Waals surface area (Å²) in [4.78, 5) is 22.9. The number of hydrogen-bond donors (Lipinski definition) is 1. The number of furan rings is 1. The van der Waals surface area contributed by atoms with Crippen molar-refractivity contribution < 1.29 is 37.0 Å². The normalized spacial score (nSPS) is 12.0. The number of carbonyl (C=O) groups is 2. The maximum atomic E-state index is 12.8. The Morgan fingerprint density at radius 1 is 0.472 bits per heavy atom. The number of ketones is 1. The molecule has 6 nitrogen and oxygen atoms in total. The Morgan fingerprint density at radius 3 is 1.20 bits per heavy atom. The summed E-state index contributed by atoms with van der Waals surface area (Å²) in [5.41, 5.74) is 7.56. The number of esters is 1. The van der Waals surface area contributed by atoms with Crippen molar-refractivity contribution in [3.05, 3.63) is 248 Å². The van der Waals surface area contributed by atoms with Crippen LogP contribution < -0.4 is 0 Å². The van der Waals surface area contributed by atoms with E-state index < -0.39 is 30.0 Å². The van der Waals surface area contributed by atoms with Crippen LogP contribution in [-0.4, -0.2) is 36.8 Å². The van der Waals surface area contributed by atoms with Crippen LogP contribution in [0, 0.1) is 11.3 Å². The summed E-state index contributed by atoms with van der Waals surface area (Å²) in [5, 5.41) is 20.3. The second-order valence-corrected chi connectivity index (χ2v) is 25.6. The summed E-state index contributed by atoms with van der Waals surface area (Å²) in [6.45, 7) is 58.0. The van der Waals surface area contributed by atoms with Crippen LogP contribution in [0.4, 0.5) is 13.2 Å². The number of alkyl halides is 4. The third-order valence-corrected chi connectivity index (χ3v) is 18.6. The Morgan fingerprint density at radius 2 is 0.852 bits per heavy atom. The molecular weight excluding hydrogens is 1410 g/mol. The number of fused-ring (bicyclic) bond motifs is 1. The van der Waals surface area contributed by atoms with Crippen LogP contribution in [0.25, 0.3) is 11.0 Å². The van der Waals surface area contributed by atoms with Crippen molar-refractivity contribution >= 4 is 57.5 Å². The molecule has 1 aromatic heterocycles. The lowest BCUT2D eigenvalue weighted by Crippen LogP contribution is -2.38. The Kier molecular flexibility index (Phi) is 77.0. The van der Waals surface area contributed by atoms with E-state index in [0.29, 0.717) is 44.0 Å². The Balaban J connectivity index is -0.000000147. The molecular formula is C96H153Cl3F3NO5. The molecule has 7 aromatic carbocycles. The van der Waals surface area contributed by atoms with Crippen molar-refractivity contribution in [1.29, 1.82) is 5.26 Å². The fourth-order valence-corrected chi connectivity index (χ4v) is 9.27. The highest BCUT2D eigenvalue weighted by Gasteiger charge is 2.50. The molecule has 614 valence electrons. The van der Waals surface area contributed by atoms with Gasteiger partial charge in [-0.25, -0.2) is 4.79 Å². The van der Waals surface area contributed by atoms with Gasteiger partial charge in [-0.3, -0.25) is 4.79 Å². The minimum absolute atomic E-state index is 0. The van der Waals surface area contributed by atoms with E-state index >= 15 is 0 Å². The number of ether oxygens (including phenoxy) is 1.